The maximum absolute atomic E-state index is 13.1. The summed E-state index contributed by atoms with van der Waals surface area (Å²) in [5.74, 6) is -0.0739. The van der Waals surface area contributed by atoms with Crippen LogP contribution in [0.4, 0.5) is 5.69 Å². The van der Waals surface area contributed by atoms with Gasteiger partial charge in [-0.3, -0.25) is 9.59 Å². The van der Waals surface area contributed by atoms with Gasteiger partial charge in [0, 0.05) is 56.4 Å². The molecule has 2 heterocycles. The molecule has 0 spiro atoms. The van der Waals surface area contributed by atoms with Crippen LogP contribution in [0, 0.1) is 17.2 Å². The van der Waals surface area contributed by atoms with E-state index in [0.717, 1.165) is 5.69 Å². The lowest BCUT2D eigenvalue weighted by Gasteiger charge is -2.39. The normalized spacial score (nSPS) is 17.9. The van der Waals surface area contributed by atoms with Crippen molar-refractivity contribution in [2.45, 2.75) is 24.7 Å². The predicted octanol–water partition coefficient (Wildman–Crippen LogP) is 2.51. The van der Waals surface area contributed by atoms with Crippen LogP contribution in [0.5, 0.6) is 0 Å². The molecule has 0 aliphatic carbocycles. The summed E-state index contributed by atoms with van der Waals surface area (Å²) in [5, 5.41) is 9.26. The van der Waals surface area contributed by atoms with E-state index in [4.69, 9.17) is 0 Å². The van der Waals surface area contributed by atoms with E-state index in [1.54, 1.807) is 19.1 Å². The van der Waals surface area contributed by atoms with Crippen LogP contribution in [0.1, 0.15) is 35.7 Å². The van der Waals surface area contributed by atoms with Gasteiger partial charge in [0.1, 0.15) is 6.07 Å². The Morgan fingerprint density at radius 3 is 2.12 bits per heavy atom. The minimum atomic E-state index is -3.77. The Hall–Kier alpha value is -3.22. The standard InChI is InChI=1S/C25H28N4O4S/c1-19(30)20-6-8-23(9-7-20)27-14-16-28(17-15-27)25(31)21-10-12-29(13-11-21)34(32,33)24-5-3-2-4-22(24)18-26/h2-9,21H,10-17H2,1H3. The number of piperazine rings is 1. The zero-order valence-electron chi connectivity index (χ0n) is 19.2. The second kappa shape index (κ2) is 9.95. The maximum Gasteiger partial charge on any atom is 0.244 e. The fraction of sp³-hybridized carbons (Fsp3) is 0.400. The molecule has 9 heteroatoms. The topological polar surface area (TPSA) is 102 Å². The highest BCUT2D eigenvalue weighted by Gasteiger charge is 2.35. The molecule has 178 valence electrons. The van der Waals surface area contributed by atoms with E-state index in [0.29, 0.717) is 44.6 Å². The van der Waals surface area contributed by atoms with Gasteiger partial charge in [0.25, 0.3) is 0 Å². The van der Waals surface area contributed by atoms with E-state index in [2.05, 4.69) is 4.90 Å². The number of anilines is 1. The van der Waals surface area contributed by atoms with E-state index < -0.39 is 10.0 Å². The number of piperidine rings is 1. The lowest BCUT2D eigenvalue weighted by atomic mass is 9.96. The monoisotopic (exact) mass is 480 g/mol. The Balaban J connectivity index is 1.32. The van der Waals surface area contributed by atoms with Gasteiger partial charge in [0.15, 0.2) is 5.78 Å². The van der Waals surface area contributed by atoms with Crippen molar-refractivity contribution in [3.8, 4) is 6.07 Å². The van der Waals surface area contributed by atoms with Crippen molar-refractivity contribution < 1.29 is 18.0 Å². The number of nitriles is 1. The van der Waals surface area contributed by atoms with Gasteiger partial charge in [-0.05, 0) is 56.2 Å². The molecule has 4 rings (SSSR count). The van der Waals surface area contributed by atoms with Crippen molar-refractivity contribution in [3.63, 3.8) is 0 Å². The summed E-state index contributed by atoms with van der Waals surface area (Å²) in [7, 11) is -3.77. The first-order valence-corrected chi connectivity index (χ1v) is 12.9. The minimum Gasteiger partial charge on any atom is -0.368 e. The van der Waals surface area contributed by atoms with Gasteiger partial charge in [-0.2, -0.15) is 9.57 Å². The number of hydrogen-bond acceptors (Lipinski definition) is 6. The molecule has 0 atom stereocenters. The van der Waals surface area contributed by atoms with Crippen molar-refractivity contribution >= 4 is 27.4 Å². The molecule has 0 radical (unpaired) electrons. The Labute approximate surface area is 200 Å². The molecule has 0 aromatic heterocycles. The average Bonchev–Trinajstić information content (AvgIpc) is 2.88. The number of benzene rings is 2. The van der Waals surface area contributed by atoms with E-state index in [-0.39, 0.29) is 41.2 Å². The molecule has 2 aliphatic heterocycles. The van der Waals surface area contributed by atoms with Crippen LogP contribution in [-0.2, 0) is 14.8 Å². The summed E-state index contributed by atoms with van der Waals surface area (Å²) in [4.78, 5) is 28.7. The predicted molar refractivity (Wildman–Crippen MR) is 128 cm³/mol. The number of rotatable bonds is 5. The molecule has 0 saturated carbocycles. The van der Waals surface area contributed by atoms with Gasteiger partial charge in [0.2, 0.25) is 15.9 Å². The molecule has 8 nitrogen and oxygen atoms in total. The Morgan fingerprint density at radius 2 is 1.53 bits per heavy atom. The molecule has 2 aromatic carbocycles. The van der Waals surface area contributed by atoms with Crippen LogP contribution in [0.15, 0.2) is 53.4 Å². The average molecular weight is 481 g/mol. The number of hydrogen-bond donors (Lipinski definition) is 0. The summed E-state index contributed by atoms with van der Waals surface area (Å²) in [6.07, 6.45) is 0.943. The molecule has 2 saturated heterocycles. The van der Waals surface area contributed by atoms with Crippen molar-refractivity contribution in [2.75, 3.05) is 44.2 Å². The minimum absolute atomic E-state index is 0.0229. The highest BCUT2D eigenvalue weighted by molar-refractivity contribution is 7.89. The maximum atomic E-state index is 13.1. The zero-order chi connectivity index (χ0) is 24.3. The van der Waals surface area contributed by atoms with Crippen LogP contribution in [-0.4, -0.2) is 68.6 Å². The lowest BCUT2D eigenvalue weighted by molar-refractivity contribution is -0.137. The van der Waals surface area contributed by atoms with Crippen molar-refractivity contribution in [3.05, 3.63) is 59.7 Å². The van der Waals surface area contributed by atoms with Gasteiger partial charge >= 0.3 is 0 Å². The molecule has 0 unspecified atom stereocenters. The summed E-state index contributed by atoms with van der Waals surface area (Å²) in [6.45, 7) is 4.72. The second-order valence-electron chi connectivity index (χ2n) is 8.70. The zero-order valence-corrected chi connectivity index (χ0v) is 20.0. The highest BCUT2D eigenvalue weighted by atomic mass is 32.2. The lowest BCUT2D eigenvalue weighted by Crippen LogP contribution is -2.52. The molecule has 0 bridgehead atoms. The fourth-order valence-corrected chi connectivity index (χ4v) is 6.23. The van der Waals surface area contributed by atoms with Gasteiger partial charge in [-0.15, -0.1) is 0 Å². The third-order valence-electron chi connectivity index (χ3n) is 6.66. The van der Waals surface area contributed by atoms with Gasteiger partial charge in [-0.25, -0.2) is 8.42 Å². The number of nitrogens with zero attached hydrogens (tertiary/aromatic N) is 4. The van der Waals surface area contributed by atoms with Crippen LogP contribution in [0.3, 0.4) is 0 Å². The van der Waals surface area contributed by atoms with Crippen molar-refractivity contribution in [1.82, 2.24) is 9.21 Å². The van der Waals surface area contributed by atoms with Gasteiger partial charge in [-0.1, -0.05) is 12.1 Å². The largest absolute Gasteiger partial charge is 0.368 e. The van der Waals surface area contributed by atoms with Gasteiger partial charge in [0.05, 0.1) is 10.5 Å². The summed E-state index contributed by atoms with van der Waals surface area (Å²) in [5.41, 5.74) is 1.85. The number of amides is 1. The van der Waals surface area contributed by atoms with Crippen LogP contribution in [0.25, 0.3) is 0 Å². The quantitative estimate of drug-likeness (QED) is 0.610. The Kier molecular flexibility index (Phi) is 7.00. The number of Topliss-reactive ketones (excluding diaryl/α,β-unsaturated/α-hetero) is 1. The van der Waals surface area contributed by atoms with Crippen LogP contribution >= 0.6 is 0 Å². The first-order valence-electron chi connectivity index (χ1n) is 11.5. The van der Waals surface area contributed by atoms with Crippen LogP contribution < -0.4 is 4.90 Å². The molecule has 0 N–H and O–H groups in total. The summed E-state index contributed by atoms with van der Waals surface area (Å²) >= 11 is 0. The summed E-state index contributed by atoms with van der Waals surface area (Å²) < 4.78 is 27.4. The second-order valence-corrected chi connectivity index (χ2v) is 10.6. The van der Waals surface area contributed by atoms with Crippen molar-refractivity contribution in [1.29, 1.82) is 5.26 Å². The summed E-state index contributed by atoms with van der Waals surface area (Å²) in [6, 6.07) is 15.7. The van der Waals surface area contributed by atoms with Gasteiger partial charge < -0.3 is 9.80 Å². The van der Waals surface area contributed by atoms with E-state index in [1.807, 2.05) is 35.2 Å². The molecule has 1 amide bonds. The number of ketones is 1. The molecule has 34 heavy (non-hydrogen) atoms. The SMILES string of the molecule is CC(=O)c1ccc(N2CCN(C(=O)C3CCN(S(=O)(=O)c4ccccc4C#N)CC3)CC2)cc1. The smallest absolute Gasteiger partial charge is 0.244 e. The number of carbonyl (C=O) groups is 2. The van der Waals surface area contributed by atoms with Crippen LogP contribution in [0.2, 0.25) is 0 Å². The Bertz CT molecular complexity index is 1200. The first-order chi connectivity index (χ1) is 16.3. The third kappa shape index (κ3) is 4.83. The molecule has 2 aliphatic rings. The Morgan fingerprint density at radius 1 is 0.912 bits per heavy atom. The third-order valence-corrected chi connectivity index (χ3v) is 8.62. The molecular weight excluding hydrogens is 452 g/mol. The molecule has 2 aromatic rings. The van der Waals surface area contributed by atoms with E-state index in [1.165, 1.54) is 16.4 Å². The molecular formula is C25H28N4O4S. The highest BCUT2D eigenvalue weighted by Crippen LogP contribution is 2.27. The first kappa shape index (κ1) is 23.9. The van der Waals surface area contributed by atoms with E-state index >= 15 is 0 Å². The fourth-order valence-electron chi connectivity index (χ4n) is 4.62. The van der Waals surface area contributed by atoms with Crippen molar-refractivity contribution in [2.24, 2.45) is 5.92 Å². The number of sulfonamides is 1. The molecule has 2 fully saturated rings. The number of carbonyl (C=O) groups excluding carboxylic acids is 2. The van der Waals surface area contributed by atoms with E-state index in [9.17, 15) is 23.3 Å².